The fraction of sp³-hybridized carbons (Fsp3) is 0.385. The molecule has 0 spiro atoms. The summed E-state index contributed by atoms with van der Waals surface area (Å²) in [6.07, 6.45) is 2.69. The third-order valence-corrected chi connectivity index (χ3v) is 2.44. The van der Waals surface area contributed by atoms with Gasteiger partial charge in [-0.1, -0.05) is 12.2 Å². The van der Waals surface area contributed by atoms with E-state index >= 15 is 0 Å². The maximum absolute atomic E-state index is 11.9. The molecule has 0 saturated carbocycles. The molecule has 1 heterocycles. The third-order valence-electron chi connectivity index (χ3n) is 2.44. The minimum atomic E-state index is -0.768. The van der Waals surface area contributed by atoms with Gasteiger partial charge in [-0.25, -0.2) is 14.8 Å². The second kappa shape index (κ2) is 7.22. The number of nitrogens with zero attached hydrogens (tertiary/aromatic N) is 3. The van der Waals surface area contributed by atoms with Crippen molar-refractivity contribution in [3.05, 3.63) is 30.2 Å². The lowest BCUT2D eigenvalue weighted by atomic mass is 10.3. The maximum Gasteiger partial charge on any atom is 0.361 e. The molecule has 7 heteroatoms. The van der Waals surface area contributed by atoms with E-state index in [4.69, 9.17) is 10.5 Å². The normalized spacial score (nSPS) is 9.90. The minimum absolute atomic E-state index is 0.0285. The summed E-state index contributed by atoms with van der Waals surface area (Å²) < 4.78 is 4.89. The smallest absolute Gasteiger partial charge is 0.361 e. The first kappa shape index (κ1) is 15.6. The minimum Gasteiger partial charge on any atom is -0.451 e. The molecule has 1 rings (SSSR count). The van der Waals surface area contributed by atoms with Crippen LogP contribution in [0, 0.1) is 0 Å². The molecule has 0 aromatic carbocycles. The van der Waals surface area contributed by atoms with Gasteiger partial charge in [0.25, 0.3) is 5.91 Å². The fourth-order valence-electron chi connectivity index (χ4n) is 1.50. The molecule has 0 aliphatic rings. The average Bonchev–Trinajstić information content (AvgIpc) is 2.42. The van der Waals surface area contributed by atoms with Gasteiger partial charge in [-0.05, 0) is 13.8 Å². The number of carbonyl (C=O) groups excluding carboxylic acids is 2. The predicted molar refractivity (Wildman–Crippen MR) is 73.8 cm³/mol. The molecule has 0 aliphatic heterocycles. The third kappa shape index (κ3) is 4.34. The molecule has 1 aromatic heterocycles. The average molecular weight is 278 g/mol. The summed E-state index contributed by atoms with van der Waals surface area (Å²) in [7, 11) is 0. The van der Waals surface area contributed by atoms with Crippen LogP contribution in [0.3, 0.4) is 0 Å². The molecular weight excluding hydrogens is 260 g/mol. The summed E-state index contributed by atoms with van der Waals surface area (Å²) in [5, 5.41) is 0. The first-order valence-corrected chi connectivity index (χ1v) is 6.11. The van der Waals surface area contributed by atoms with Crippen molar-refractivity contribution < 1.29 is 14.3 Å². The molecule has 0 aliphatic carbocycles. The van der Waals surface area contributed by atoms with Gasteiger partial charge in [0.2, 0.25) is 0 Å². The van der Waals surface area contributed by atoms with Crippen molar-refractivity contribution in [1.82, 2.24) is 14.9 Å². The van der Waals surface area contributed by atoms with E-state index in [9.17, 15) is 9.59 Å². The molecule has 1 aromatic rings. The number of amides is 1. The molecule has 0 bridgehead atoms. The van der Waals surface area contributed by atoms with Gasteiger partial charge in [0.05, 0.1) is 0 Å². The summed E-state index contributed by atoms with van der Waals surface area (Å²) in [6, 6.07) is 0. The Morgan fingerprint density at radius 2 is 2.05 bits per heavy atom. The van der Waals surface area contributed by atoms with Crippen LogP contribution < -0.4 is 5.73 Å². The van der Waals surface area contributed by atoms with Gasteiger partial charge in [0.15, 0.2) is 18.1 Å². The summed E-state index contributed by atoms with van der Waals surface area (Å²) >= 11 is 0. The Morgan fingerprint density at radius 1 is 1.40 bits per heavy atom. The number of esters is 1. The van der Waals surface area contributed by atoms with Gasteiger partial charge in [-0.15, -0.1) is 0 Å². The zero-order valence-electron chi connectivity index (χ0n) is 11.6. The standard InChI is InChI=1S/C13H18N4O3/c1-4-17(7-9(2)3)10(18)8-20-13(19)11-12(14)16-6-5-15-11/h5-6H,2,4,7-8H2,1,3H3,(H2,14,16). The molecule has 0 saturated heterocycles. The van der Waals surface area contributed by atoms with E-state index in [2.05, 4.69) is 16.5 Å². The second-order valence-electron chi connectivity index (χ2n) is 4.23. The first-order chi connectivity index (χ1) is 9.45. The molecule has 0 atom stereocenters. The monoisotopic (exact) mass is 278 g/mol. The van der Waals surface area contributed by atoms with Gasteiger partial charge >= 0.3 is 5.97 Å². The lowest BCUT2D eigenvalue weighted by Crippen LogP contribution is -2.35. The Kier molecular flexibility index (Phi) is 5.64. The Hall–Kier alpha value is -2.44. The molecular formula is C13H18N4O3. The van der Waals surface area contributed by atoms with Crippen molar-refractivity contribution >= 4 is 17.7 Å². The van der Waals surface area contributed by atoms with Crippen LogP contribution in [-0.4, -0.2) is 46.4 Å². The summed E-state index contributed by atoms with van der Waals surface area (Å²) in [4.78, 5) is 32.6. The van der Waals surface area contributed by atoms with Crippen LogP contribution in [0.2, 0.25) is 0 Å². The second-order valence-corrected chi connectivity index (χ2v) is 4.23. The quantitative estimate of drug-likeness (QED) is 0.605. The molecule has 0 radical (unpaired) electrons. The summed E-state index contributed by atoms with van der Waals surface area (Å²) in [5.41, 5.74) is 6.26. The van der Waals surface area contributed by atoms with Crippen molar-refractivity contribution in [3.63, 3.8) is 0 Å². The highest BCUT2D eigenvalue weighted by Gasteiger charge is 2.18. The SMILES string of the molecule is C=C(C)CN(CC)C(=O)COC(=O)c1nccnc1N. The van der Waals surface area contributed by atoms with Crippen LogP contribution in [-0.2, 0) is 9.53 Å². The first-order valence-electron chi connectivity index (χ1n) is 6.11. The zero-order valence-corrected chi connectivity index (χ0v) is 11.6. The van der Waals surface area contributed by atoms with E-state index in [0.717, 1.165) is 5.57 Å². The van der Waals surface area contributed by atoms with E-state index in [-0.39, 0.29) is 24.0 Å². The van der Waals surface area contributed by atoms with E-state index in [1.165, 1.54) is 17.3 Å². The Morgan fingerprint density at radius 3 is 2.60 bits per heavy atom. The van der Waals surface area contributed by atoms with Crippen LogP contribution in [0.4, 0.5) is 5.82 Å². The Bertz CT molecular complexity index is 516. The van der Waals surface area contributed by atoms with Crippen LogP contribution in [0.1, 0.15) is 24.3 Å². The highest BCUT2D eigenvalue weighted by Crippen LogP contribution is 2.05. The van der Waals surface area contributed by atoms with Crippen LogP contribution in [0.15, 0.2) is 24.5 Å². The van der Waals surface area contributed by atoms with Gasteiger partial charge in [0.1, 0.15) is 0 Å². The zero-order chi connectivity index (χ0) is 15.1. The number of rotatable bonds is 6. The fourth-order valence-corrected chi connectivity index (χ4v) is 1.50. The van der Waals surface area contributed by atoms with E-state index in [0.29, 0.717) is 13.1 Å². The van der Waals surface area contributed by atoms with E-state index in [1.54, 1.807) is 0 Å². The van der Waals surface area contributed by atoms with Crippen LogP contribution in [0.5, 0.6) is 0 Å². The lowest BCUT2D eigenvalue weighted by molar-refractivity contribution is -0.133. The number of hydrogen-bond acceptors (Lipinski definition) is 6. The van der Waals surface area contributed by atoms with E-state index in [1.807, 2.05) is 13.8 Å². The molecule has 1 amide bonds. The van der Waals surface area contributed by atoms with Crippen molar-refractivity contribution in [2.45, 2.75) is 13.8 Å². The number of hydrogen-bond donors (Lipinski definition) is 1. The lowest BCUT2D eigenvalue weighted by Gasteiger charge is -2.20. The van der Waals surface area contributed by atoms with Gasteiger partial charge in [0, 0.05) is 25.5 Å². The van der Waals surface area contributed by atoms with Crippen LogP contribution in [0.25, 0.3) is 0 Å². The number of likely N-dealkylation sites (N-methyl/N-ethyl adjacent to an activating group) is 1. The molecule has 0 unspecified atom stereocenters. The van der Waals surface area contributed by atoms with Gasteiger partial charge in [-0.2, -0.15) is 0 Å². The largest absolute Gasteiger partial charge is 0.451 e. The molecule has 20 heavy (non-hydrogen) atoms. The number of carbonyl (C=O) groups is 2. The number of anilines is 1. The highest BCUT2D eigenvalue weighted by atomic mass is 16.5. The van der Waals surface area contributed by atoms with Gasteiger partial charge in [-0.3, -0.25) is 4.79 Å². The molecule has 2 N–H and O–H groups in total. The molecule has 0 fully saturated rings. The van der Waals surface area contributed by atoms with Crippen molar-refractivity contribution in [2.24, 2.45) is 0 Å². The maximum atomic E-state index is 11.9. The number of ether oxygens (including phenoxy) is 1. The topological polar surface area (TPSA) is 98.4 Å². The van der Waals surface area contributed by atoms with Crippen molar-refractivity contribution in [3.8, 4) is 0 Å². The Labute approximate surface area is 117 Å². The van der Waals surface area contributed by atoms with E-state index < -0.39 is 5.97 Å². The summed E-state index contributed by atoms with van der Waals surface area (Å²) in [5.74, 6) is -1.10. The van der Waals surface area contributed by atoms with Crippen molar-refractivity contribution in [1.29, 1.82) is 0 Å². The predicted octanol–water partition coefficient (Wildman–Crippen LogP) is 0.640. The van der Waals surface area contributed by atoms with Gasteiger partial charge < -0.3 is 15.4 Å². The van der Waals surface area contributed by atoms with Crippen molar-refractivity contribution in [2.75, 3.05) is 25.4 Å². The Balaban J connectivity index is 2.58. The number of nitrogens with two attached hydrogens (primary N) is 1. The number of aromatic nitrogens is 2. The highest BCUT2D eigenvalue weighted by molar-refractivity contribution is 5.93. The van der Waals surface area contributed by atoms with Crippen LogP contribution >= 0.6 is 0 Å². The molecule has 108 valence electrons. The molecule has 7 nitrogen and oxygen atoms in total. The summed E-state index contributed by atoms with van der Waals surface area (Å²) in [6.45, 7) is 7.98. The number of nitrogen functional groups attached to an aromatic ring is 1.